The van der Waals surface area contributed by atoms with E-state index in [-0.39, 0.29) is 6.15 Å². The third-order valence-electron chi connectivity index (χ3n) is 0.293. The first-order valence-corrected chi connectivity index (χ1v) is 2.51. The normalized spacial score (nSPS) is 11.2. The molecule has 0 unspecified atom stereocenters. The molecule has 0 aliphatic carbocycles. The van der Waals surface area contributed by atoms with Crippen molar-refractivity contribution in [2.75, 3.05) is 0 Å². The lowest BCUT2D eigenvalue weighted by atomic mass is 10.8. The van der Waals surface area contributed by atoms with E-state index in [9.17, 15) is 0 Å². The second-order valence-electron chi connectivity index (χ2n) is 0.915. The molecule has 0 heterocycles. The van der Waals surface area contributed by atoms with Gasteiger partial charge < -0.3 is 16.4 Å². The fraction of sp³-hybridized carbons (Fsp3) is 1.00. The lowest BCUT2D eigenvalue weighted by Gasteiger charge is -2.10. The zero-order valence-electron chi connectivity index (χ0n) is 3.81. The minimum Gasteiger partial charge on any atom is -0.365 e. The van der Waals surface area contributed by atoms with Crippen molar-refractivity contribution < 1.29 is 10.2 Å². The summed E-state index contributed by atoms with van der Waals surface area (Å²) < 4.78 is -1.97. The van der Waals surface area contributed by atoms with Gasteiger partial charge in [0.05, 0.1) is 0 Å². The first-order valence-electron chi connectivity index (χ1n) is 1.37. The average molecular weight is 182 g/mol. The van der Waals surface area contributed by atoms with E-state index in [1.807, 2.05) is 0 Å². The maximum absolute atomic E-state index is 8.05. The zero-order chi connectivity index (χ0) is 6.08. The monoisotopic (exact) mass is 181 g/mol. The summed E-state index contributed by atoms with van der Waals surface area (Å²) in [5.74, 6) is 0. The summed E-state index contributed by atoms with van der Waals surface area (Å²) in [6, 6.07) is 0. The molecule has 0 aromatic heterocycles. The van der Waals surface area contributed by atoms with Gasteiger partial charge in [0.25, 0.3) is 0 Å². The maximum Gasteiger partial charge on any atom is 0.240 e. The number of hydrogen-bond acceptors (Lipinski definition) is 3. The van der Waals surface area contributed by atoms with Crippen LogP contribution in [0.2, 0.25) is 0 Å². The van der Waals surface area contributed by atoms with Crippen molar-refractivity contribution in [2.45, 2.75) is 10.1 Å². The molecule has 0 spiro atoms. The number of rotatable bonds is 0. The molecule has 5 N–H and O–H groups in total. The number of aliphatic hydroxyl groups is 2. The quantitative estimate of drug-likeness (QED) is 0.384. The van der Waals surface area contributed by atoms with Crippen molar-refractivity contribution >= 4 is 34.8 Å². The number of halogens is 3. The predicted molar refractivity (Wildman–Crippen MR) is 33.5 cm³/mol. The number of aliphatic hydroxyl groups excluding tert-OH is 1. The summed E-state index contributed by atoms with van der Waals surface area (Å²) in [6.45, 7) is 0. The van der Waals surface area contributed by atoms with Crippen LogP contribution in [0.25, 0.3) is 0 Å². The highest BCUT2D eigenvalue weighted by Gasteiger charge is 2.28. The van der Waals surface area contributed by atoms with Crippen molar-refractivity contribution in [1.29, 1.82) is 0 Å². The lowest BCUT2D eigenvalue weighted by molar-refractivity contribution is -0.0355. The van der Waals surface area contributed by atoms with Crippen molar-refractivity contribution in [2.24, 2.45) is 0 Å². The van der Waals surface area contributed by atoms with Crippen molar-refractivity contribution in [3.8, 4) is 0 Å². The van der Waals surface area contributed by atoms with Crippen molar-refractivity contribution in [3.63, 3.8) is 0 Å². The van der Waals surface area contributed by atoms with Crippen LogP contribution in [0, 0.1) is 0 Å². The molecule has 0 rings (SSSR count). The van der Waals surface area contributed by atoms with Gasteiger partial charge in [0.15, 0.2) is 6.29 Å². The van der Waals surface area contributed by atoms with Gasteiger partial charge in [-0.2, -0.15) is 0 Å². The van der Waals surface area contributed by atoms with Crippen LogP contribution < -0.4 is 6.15 Å². The van der Waals surface area contributed by atoms with Crippen molar-refractivity contribution in [3.05, 3.63) is 0 Å². The van der Waals surface area contributed by atoms with Crippen LogP contribution >= 0.6 is 34.8 Å². The van der Waals surface area contributed by atoms with Gasteiger partial charge in [0.2, 0.25) is 3.79 Å². The molecule has 0 aliphatic rings. The van der Waals surface area contributed by atoms with Crippen LogP contribution in [0.3, 0.4) is 0 Å². The Labute approximate surface area is 61.7 Å². The first-order chi connectivity index (χ1) is 2.94. The van der Waals surface area contributed by atoms with Gasteiger partial charge in [0, 0.05) is 0 Å². The Morgan fingerprint density at radius 1 is 1.12 bits per heavy atom. The molecular weight excluding hydrogens is 176 g/mol. The molecule has 0 aromatic rings. The fourth-order valence-electron chi connectivity index (χ4n) is 0. The fourth-order valence-corrected chi connectivity index (χ4v) is 0. The molecule has 0 fully saturated rings. The largest absolute Gasteiger partial charge is 0.365 e. The molecule has 3 nitrogen and oxygen atoms in total. The third kappa shape index (κ3) is 4.90. The molecule has 0 saturated heterocycles. The van der Waals surface area contributed by atoms with Crippen LogP contribution in [0.4, 0.5) is 0 Å². The van der Waals surface area contributed by atoms with E-state index in [2.05, 4.69) is 0 Å². The molecular formula is C2H6Cl3NO2. The molecule has 8 heavy (non-hydrogen) atoms. The van der Waals surface area contributed by atoms with E-state index >= 15 is 0 Å². The summed E-state index contributed by atoms with van der Waals surface area (Å²) >= 11 is 14.7. The van der Waals surface area contributed by atoms with E-state index in [4.69, 9.17) is 45.0 Å². The first kappa shape index (κ1) is 11.5. The Hall–Kier alpha value is 0.750. The highest BCUT2D eigenvalue weighted by atomic mass is 35.6. The van der Waals surface area contributed by atoms with E-state index in [0.29, 0.717) is 0 Å². The molecule has 0 bridgehead atoms. The van der Waals surface area contributed by atoms with Crippen LogP contribution in [0.5, 0.6) is 0 Å². The summed E-state index contributed by atoms with van der Waals surface area (Å²) in [5, 5.41) is 16.1. The van der Waals surface area contributed by atoms with Crippen LogP contribution in [-0.4, -0.2) is 20.3 Å². The Balaban J connectivity index is 0. The van der Waals surface area contributed by atoms with Gasteiger partial charge in [-0.15, -0.1) is 0 Å². The number of hydrogen-bond donors (Lipinski definition) is 3. The van der Waals surface area contributed by atoms with E-state index in [1.165, 1.54) is 0 Å². The molecule has 0 aliphatic heterocycles. The average Bonchev–Trinajstić information content (AvgIpc) is 1.31. The van der Waals surface area contributed by atoms with Crippen LogP contribution in [-0.2, 0) is 0 Å². The van der Waals surface area contributed by atoms with E-state index in [1.54, 1.807) is 0 Å². The highest BCUT2D eigenvalue weighted by Crippen LogP contribution is 2.28. The van der Waals surface area contributed by atoms with Crippen LogP contribution in [0.1, 0.15) is 0 Å². The summed E-state index contributed by atoms with van der Waals surface area (Å²) in [5.41, 5.74) is 0. The topological polar surface area (TPSA) is 75.5 Å². The second kappa shape index (κ2) is 3.71. The summed E-state index contributed by atoms with van der Waals surface area (Å²) in [4.78, 5) is 0. The molecule has 0 radical (unpaired) electrons. The molecule has 0 saturated carbocycles. The van der Waals surface area contributed by atoms with Gasteiger partial charge in [-0.3, -0.25) is 0 Å². The maximum atomic E-state index is 8.05. The SMILES string of the molecule is N.OC(O)C(Cl)(Cl)Cl. The third-order valence-corrected chi connectivity index (χ3v) is 0.878. The Bertz CT molecular complexity index is 60.8. The minimum absolute atomic E-state index is 0. The molecule has 6 heteroatoms. The molecule has 0 atom stereocenters. The minimum atomic E-state index is -1.97. The summed E-state index contributed by atoms with van der Waals surface area (Å²) in [6.07, 6.45) is -1.91. The Morgan fingerprint density at radius 2 is 1.25 bits per heavy atom. The standard InChI is InChI=1S/C2H3Cl3O2.H3N/c3-2(4,5)1(6)7;/h1,6-7H;1H3. The number of alkyl halides is 3. The molecule has 0 aromatic carbocycles. The van der Waals surface area contributed by atoms with Crippen molar-refractivity contribution in [1.82, 2.24) is 6.15 Å². The molecule has 52 valence electrons. The van der Waals surface area contributed by atoms with Gasteiger partial charge in [-0.1, -0.05) is 34.8 Å². The highest BCUT2D eigenvalue weighted by molar-refractivity contribution is 6.67. The van der Waals surface area contributed by atoms with E-state index in [0.717, 1.165) is 0 Å². The second-order valence-corrected chi connectivity index (χ2v) is 3.28. The predicted octanol–water partition coefficient (Wildman–Crippen LogP) is 0.829. The van der Waals surface area contributed by atoms with Gasteiger partial charge >= 0.3 is 0 Å². The van der Waals surface area contributed by atoms with Gasteiger partial charge in [-0.05, 0) is 0 Å². The van der Waals surface area contributed by atoms with Gasteiger partial charge in [-0.25, -0.2) is 0 Å². The smallest absolute Gasteiger partial charge is 0.240 e. The van der Waals surface area contributed by atoms with Gasteiger partial charge in [0.1, 0.15) is 0 Å². The molecule has 0 amide bonds. The lowest BCUT2D eigenvalue weighted by Crippen LogP contribution is -2.23. The van der Waals surface area contributed by atoms with Crippen LogP contribution in [0.15, 0.2) is 0 Å². The zero-order valence-corrected chi connectivity index (χ0v) is 6.08. The van der Waals surface area contributed by atoms with E-state index < -0.39 is 10.1 Å². The Morgan fingerprint density at radius 3 is 1.25 bits per heavy atom. The Kier molecular flexibility index (Phi) is 5.36. The summed E-state index contributed by atoms with van der Waals surface area (Å²) in [7, 11) is 0.